The highest BCUT2D eigenvalue weighted by Gasteiger charge is 2.10. The Balaban J connectivity index is 2.97. The molecule has 0 aliphatic carbocycles. The molecule has 0 spiro atoms. The Morgan fingerprint density at radius 1 is 1.54 bits per heavy atom. The maximum Gasteiger partial charge on any atom is 0.365 e. The molecule has 0 unspecified atom stereocenters. The predicted molar refractivity (Wildman–Crippen MR) is 47.8 cm³/mol. The van der Waals surface area contributed by atoms with Crippen LogP contribution in [0.5, 0.6) is 5.75 Å². The van der Waals surface area contributed by atoms with Crippen LogP contribution >= 0.6 is 0 Å². The van der Waals surface area contributed by atoms with Crippen LogP contribution < -0.4 is 5.63 Å². The Hall–Kier alpha value is -1.71. The minimum Gasteiger partial charge on any atom is -0.506 e. The van der Waals surface area contributed by atoms with Crippen LogP contribution in [0.15, 0.2) is 27.5 Å². The van der Waals surface area contributed by atoms with Crippen LogP contribution in [-0.4, -0.2) is 9.85 Å². The molecule has 1 heterocycles. The molecule has 1 N–H and O–H groups in total. The van der Waals surface area contributed by atoms with E-state index in [9.17, 15) is 9.90 Å². The third-order valence-electron chi connectivity index (χ3n) is 1.96. The van der Waals surface area contributed by atoms with Crippen molar-refractivity contribution in [1.29, 1.82) is 0 Å². The largest absolute Gasteiger partial charge is 0.506 e. The van der Waals surface area contributed by atoms with Gasteiger partial charge in [0.2, 0.25) is 0 Å². The molecular formula is C9H9NO3. The summed E-state index contributed by atoms with van der Waals surface area (Å²) >= 11 is 0. The molecule has 1 aromatic heterocycles. The first-order chi connectivity index (χ1) is 6.24. The number of hydrogen-bond acceptors (Lipinski definition) is 3. The van der Waals surface area contributed by atoms with Gasteiger partial charge in [0, 0.05) is 0 Å². The van der Waals surface area contributed by atoms with E-state index in [0.717, 1.165) is 0 Å². The molecule has 0 saturated carbocycles. The lowest BCUT2D eigenvalue weighted by molar-refractivity contribution is 0.268. The molecular weight excluding hydrogens is 170 g/mol. The van der Waals surface area contributed by atoms with Gasteiger partial charge < -0.3 is 9.63 Å². The highest BCUT2D eigenvalue weighted by Crippen LogP contribution is 2.22. The molecule has 1 aromatic carbocycles. The zero-order valence-corrected chi connectivity index (χ0v) is 7.15. The van der Waals surface area contributed by atoms with Crippen molar-refractivity contribution >= 4 is 10.9 Å². The lowest BCUT2D eigenvalue weighted by Crippen LogP contribution is -1.93. The van der Waals surface area contributed by atoms with Crippen molar-refractivity contribution in [1.82, 2.24) is 4.74 Å². The van der Waals surface area contributed by atoms with Gasteiger partial charge in [-0.2, -0.15) is 0 Å². The first kappa shape index (κ1) is 7.91. The Morgan fingerprint density at radius 2 is 2.31 bits per heavy atom. The summed E-state index contributed by atoms with van der Waals surface area (Å²) in [7, 11) is 0. The molecule has 0 bridgehead atoms. The van der Waals surface area contributed by atoms with Crippen molar-refractivity contribution in [2.75, 3.05) is 0 Å². The number of aromatic hydroxyl groups is 1. The van der Waals surface area contributed by atoms with Gasteiger partial charge >= 0.3 is 5.63 Å². The fourth-order valence-electron chi connectivity index (χ4n) is 1.38. The number of aromatic nitrogens is 1. The van der Waals surface area contributed by atoms with E-state index in [1.165, 1.54) is 10.8 Å². The van der Waals surface area contributed by atoms with E-state index in [4.69, 9.17) is 4.52 Å². The molecule has 0 amide bonds. The maximum atomic E-state index is 11.2. The summed E-state index contributed by atoms with van der Waals surface area (Å²) in [5.74, 6) is 0.0743. The molecule has 0 atom stereocenters. The van der Waals surface area contributed by atoms with Gasteiger partial charge in [-0.1, -0.05) is 6.07 Å². The summed E-state index contributed by atoms with van der Waals surface area (Å²) in [5, 5.41) is 9.90. The second-order valence-electron chi connectivity index (χ2n) is 2.75. The van der Waals surface area contributed by atoms with Crippen LogP contribution in [0.4, 0.5) is 0 Å². The number of hydrogen-bond donors (Lipinski definition) is 1. The van der Waals surface area contributed by atoms with Crippen molar-refractivity contribution in [2.24, 2.45) is 0 Å². The van der Waals surface area contributed by atoms with Crippen molar-refractivity contribution in [3.05, 3.63) is 28.6 Å². The van der Waals surface area contributed by atoms with Gasteiger partial charge in [0.25, 0.3) is 0 Å². The van der Waals surface area contributed by atoms with Gasteiger partial charge in [0.1, 0.15) is 11.3 Å². The molecule has 4 heteroatoms. The molecule has 2 aromatic rings. The van der Waals surface area contributed by atoms with Gasteiger partial charge in [-0.25, -0.2) is 9.53 Å². The predicted octanol–water partition coefficient (Wildman–Crippen LogP) is 1.32. The lowest BCUT2D eigenvalue weighted by atomic mass is 10.2. The average molecular weight is 179 g/mol. The van der Waals surface area contributed by atoms with Crippen molar-refractivity contribution in [3.8, 4) is 5.75 Å². The maximum absolute atomic E-state index is 11.2. The highest BCUT2D eigenvalue weighted by atomic mass is 16.5. The van der Waals surface area contributed by atoms with Crippen LogP contribution in [-0.2, 0) is 6.54 Å². The first-order valence-corrected chi connectivity index (χ1v) is 4.06. The molecule has 13 heavy (non-hydrogen) atoms. The number of phenolic OH excluding ortho intramolecular Hbond substituents is 1. The standard InChI is InChI=1S/C9H9NO3/c1-2-10-8-6(9(12)13-10)4-3-5-7(8)11/h3-5,11H,2H2,1H3. The summed E-state index contributed by atoms with van der Waals surface area (Å²) in [4.78, 5) is 11.2. The summed E-state index contributed by atoms with van der Waals surface area (Å²) in [6, 6.07) is 4.78. The van der Waals surface area contributed by atoms with Crippen LogP contribution in [0.3, 0.4) is 0 Å². The minimum atomic E-state index is -0.409. The number of nitrogens with zero attached hydrogens (tertiary/aromatic N) is 1. The Labute approximate surface area is 74.0 Å². The molecule has 4 nitrogen and oxygen atoms in total. The van der Waals surface area contributed by atoms with E-state index in [-0.39, 0.29) is 5.75 Å². The van der Waals surface area contributed by atoms with Gasteiger partial charge in [-0.05, 0) is 19.1 Å². The normalized spacial score (nSPS) is 10.8. The van der Waals surface area contributed by atoms with Crippen LogP contribution in [0.1, 0.15) is 6.92 Å². The second kappa shape index (κ2) is 2.65. The van der Waals surface area contributed by atoms with Gasteiger partial charge in [-0.3, -0.25) is 0 Å². The fourth-order valence-corrected chi connectivity index (χ4v) is 1.38. The van der Waals surface area contributed by atoms with Crippen molar-refractivity contribution in [3.63, 3.8) is 0 Å². The minimum absolute atomic E-state index is 0.0743. The Bertz CT molecular complexity index is 495. The smallest absolute Gasteiger partial charge is 0.365 e. The van der Waals surface area contributed by atoms with Crippen LogP contribution in [0.2, 0.25) is 0 Å². The number of fused-ring (bicyclic) bond motifs is 1. The van der Waals surface area contributed by atoms with E-state index in [1.807, 2.05) is 6.92 Å². The summed E-state index contributed by atoms with van der Waals surface area (Å²) in [5.41, 5.74) is 0.0581. The fraction of sp³-hybridized carbons (Fsp3) is 0.222. The van der Waals surface area contributed by atoms with E-state index in [0.29, 0.717) is 17.4 Å². The number of aryl methyl sites for hydroxylation is 1. The Kier molecular flexibility index (Phi) is 1.62. The van der Waals surface area contributed by atoms with Crippen LogP contribution in [0, 0.1) is 0 Å². The van der Waals surface area contributed by atoms with Crippen molar-refractivity contribution in [2.45, 2.75) is 13.5 Å². The molecule has 0 radical (unpaired) electrons. The summed E-state index contributed by atoms with van der Waals surface area (Å²) in [6.07, 6.45) is 0. The van der Waals surface area contributed by atoms with Crippen molar-refractivity contribution < 1.29 is 9.63 Å². The first-order valence-electron chi connectivity index (χ1n) is 4.06. The molecule has 0 aliphatic rings. The Morgan fingerprint density at radius 3 is 3.00 bits per heavy atom. The monoisotopic (exact) mass is 179 g/mol. The van der Waals surface area contributed by atoms with E-state index in [2.05, 4.69) is 0 Å². The van der Waals surface area contributed by atoms with Gasteiger partial charge in [0.05, 0.1) is 11.9 Å². The summed E-state index contributed by atoms with van der Waals surface area (Å²) in [6.45, 7) is 2.37. The number of phenols is 1. The molecule has 68 valence electrons. The second-order valence-corrected chi connectivity index (χ2v) is 2.75. The topological polar surface area (TPSA) is 55.4 Å². The zero-order valence-electron chi connectivity index (χ0n) is 7.15. The number of rotatable bonds is 1. The zero-order chi connectivity index (χ0) is 9.42. The molecule has 0 saturated heterocycles. The average Bonchev–Trinajstić information content (AvgIpc) is 2.45. The van der Waals surface area contributed by atoms with Gasteiger partial charge in [-0.15, -0.1) is 0 Å². The third kappa shape index (κ3) is 1.02. The quantitative estimate of drug-likeness (QED) is 0.718. The molecule has 2 rings (SSSR count). The molecule has 0 fully saturated rings. The van der Waals surface area contributed by atoms with E-state index >= 15 is 0 Å². The molecule has 0 aliphatic heterocycles. The SMILES string of the molecule is CCn1oc(=O)c2cccc(O)c21. The van der Waals surface area contributed by atoms with E-state index in [1.54, 1.807) is 12.1 Å². The van der Waals surface area contributed by atoms with Crippen LogP contribution in [0.25, 0.3) is 10.9 Å². The van der Waals surface area contributed by atoms with Gasteiger partial charge in [0.15, 0.2) is 0 Å². The third-order valence-corrected chi connectivity index (χ3v) is 1.96. The number of para-hydroxylation sites is 1. The van der Waals surface area contributed by atoms with E-state index < -0.39 is 5.63 Å². The lowest BCUT2D eigenvalue weighted by Gasteiger charge is -1.97. The highest BCUT2D eigenvalue weighted by molar-refractivity contribution is 5.83. The number of benzene rings is 1. The summed E-state index contributed by atoms with van der Waals surface area (Å²) < 4.78 is 6.28.